The third-order valence-corrected chi connectivity index (χ3v) is 3.52. The maximum atomic E-state index is 12.6. The van der Waals surface area contributed by atoms with Crippen molar-refractivity contribution in [3.05, 3.63) is 17.7 Å². The summed E-state index contributed by atoms with van der Waals surface area (Å²) in [6.45, 7) is 1.95. The summed E-state index contributed by atoms with van der Waals surface area (Å²) in [6.07, 6.45) is 0.599. The van der Waals surface area contributed by atoms with Crippen molar-refractivity contribution in [1.82, 2.24) is 5.32 Å². The minimum Gasteiger partial charge on any atom is -0.493 e. The van der Waals surface area contributed by atoms with E-state index in [0.717, 1.165) is 5.56 Å². The molecule has 0 bridgehead atoms. The molecule has 1 N–H and O–H groups in total. The summed E-state index contributed by atoms with van der Waals surface area (Å²) in [5.74, 6) is 0.413. The van der Waals surface area contributed by atoms with Gasteiger partial charge in [-0.2, -0.15) is 13.2 Å². The van der Waals surface area contributed by atoms with Gasteiger partial charge in [-0.15, -0.1) is 0 Å². The lowest BCUT2D eigenvalue weighted by Crippen LogP contribution is -2.23. The highest BCUT2D eigenvalue weighted by Crippen LogP contribution is 2.45. The molecule has 0 aromatic heterocycles. The number of hydrogen-bond donors (Lipinski definition) is 1. The lowest BCUT2D eigenvalue weighted by molar-refractivity contribution is -0.0328. The van der Waals surface area contributed by atoms with Crippen molar-refractivity contribution in [3.63, 3.8) is 0 Å². The fraction of sp³-hybridized carbons (Fsp3) is 0.538. The number of likely N-dealkylation sites (N-methyl/N-ethyl adjacent to an activating group) is 1. The molecule has 7 heteroatoms. The summed E-state index contributed by atoms with van der Waals surface area (Å²) in [4.78, 5) is 0.0117. The molecule has 0 saturated carbocycles. The van der Waals surface area contributed by atoms with Crippen LogP contribution in [-0.2, 0) is 6.42 Å². The van der Waals surface area contributed by atoms with Gasteiger partial charge < -0.3 is 14.8 Å². The minimum atomic E-state index is -4.37. The maximum Gasteiger partial charge on any atom is 0.446 e. The van der Waals surface area contributed by atoms with Crippen molar-refractivity contribution >= 4 is 11.8 Å². The Morgan fingerprint density at radius 3 is 2.35 bits per heavy atom. The summed E-state index contributed by atoms with van der Waals surface area (Å²) < 4.78 is 48.0. The molecule has 0 radical (unpaired) electrons. The first kappa shape index (κ1) is 17.0. The normalized spacial score (nSPS) is 13.2. The standard InChI is InChI=1S/C13H18F3NO2S/c1-8(17-2)5-9-6-10(18-3)12(19-4)11(7-9)20-13(14,15)16/h6-8,17H,5H2,1-4H3. The van der Waals surface area contributed by atoms with E-state index in [0.29, 0.717) is 12.2 Å². The number of ether oxygens (including phenoxy) is 2. The molecular weight excluding hydrogens is 291 g/mol. The van der Waals surface area contributed by atoms with Gasteiger partial charge in [-0.25, -0.2) is 0 Å². The Labute approximate surface area is 120 Å². The first-order valence-electron chi connectivity index (χ1n) is 5.98. The number of halogens is 3. The molecule has 0 amide bonds. The number of thioether (sulfide) groups is 1. The molecule has 0 aliphatic rings. The monoisotopic (exact) mass is 309 g/mol. The van der Waals surface area contributed by atoms with Gasteiger partial charge in [-0.05, 0) is 49.9 Å². The first-order chi connectivity index (χ1) is 9.30. The predicted octanol–water partition coefficient (Wildman–Crippen LogP) is 3.47. The van der Waals surface area contributed by atoms with Gasteiger partial charge in [0.15, 0.2) is 11.5 Å². The van der Waals surface area contributed by atoms with Crippen LogP contribution in [0, 0.1) is 0 Å². The Hall–Kier alpha value is -1.08. The topological polar surface area (TPSA) is 30.5 Å². The van der Waals surface area contributed by atoms with Crippen LogP contribution in [0.3, 0.4) is 0 Å². The van der Waals surface area contributed by atoms with Gasteiger partial charge in [0.25, 0.3) is 0 Å². The second kappa shape index (κ2) is 7.08. The minimum absolute atomic E-state index is 0.0117. The zero-order valence-electron chi connectivity index (χ0n) is 11.8. The van der Waals surface area contributed by atoms with Gasteiger partial charge in [0.1, 0.15) is 0 Å². The highest BCUT2D eigenvalue weighted by atomic mass is 32.2. The van der Waals surface area contributed by atoms with Crippen molar-refractivity contribution in [2.24, 2.45) is 0 Å². The van der Waals surface area contributed by atoms with E-state index < -0.39 is 5.51 Å². The van der Waals surface area contributed by atoms with Crippen molar-refractivity contribution in [3.8, 4) is 11.5 Å². The van der Waals surface area contributed by atoms with Crippen LogP contribution in [0.15, 0.2) is 17.0 Å². The summed E-state index contributed by atoms with van der Waals surface area (Å²) in [5, 5.41) is 3.05. The number of nitrogens with one attached hydrogen (secondary N) is 1. The molecule has 3 nitrogen and oxygen atoms in total. The van der Waals surface area contributed by atoms with Crippen LogP contribution >= 0.6 is 11.8 Å². The molecule has 1 aromatic rings. The van der Waals surface area contributed by atoms with E-state index in [1.54, 1.807) is 13.1 Å². The van der Waals surface area contributed by atoms with Crippen LogP contribution in [0.4, 0.5) is 13.2 Å². The fourth-order valence-electron chi connectivity index (χ4n) is 1.76. The van der Waals surface area contributed by atoms with E-state index in [1.165, 1.54) is 20.3 Å². The number of benzene rings is 1. The Kier molecular flexibility index (Phi) is 6.01. The summed E-state index contributed by atoms with van der Waals surface area (Å²) in [6, 6.07) is 3.34. The smallest absolute Gasteiger partial charge is 0.446 e. The number of hydrogen-bond acceptors (Lipinski definition) is 4. The van der Waals surface area contributed by atoms with E-state index in [-0.39, 0.29) is 28.4 Å². The van der Waals surface area contributed by atoms with Crippen LogP contribution in [-0.4, -0.2) is 32.8 Å². The highest BCUT2D eigenvalue weighted by Gasteiger charge is 2.32. The van der Waals surface area contributed by atoms with E-state index in [1.807, 2.05) is 6.92 Å². The van der Waals surface area contributed by atoms with E-state index in [2.05, 4.69) is 5.32 Å². The molecular formula is C13H18F3NO2S. The number of methoxy groups -OCH3 is 2. The van der Waals surface area contributed by atoms with Crippen LogP contribution < -0.4 is 14.8 Å². The van der Waals surface area contributed by atoms with Crippen molar-refractivity contribution in [2.75, 3.05) is 21.3 Å². The van der Waals surface area contributed by atoms with Crippen molar-refractivity contribution in [2.45, 2.75) is 29.8 Å². The molecule has 0 heterocycles. The lowest BCUT2D eigenvalue weighted by atomic mass is 10.1. The molecule has 1 aromatic carbocycles. The second-order valence-corrected chi connectivity index (χ2v) is 5.38. The van der Waals surface area contributed by atoms with Gasteiger partial charge in [0.05, 0.1) is 19.1 Å². The molecule has 0 spiro atoms. The number of rotatable bonds is 6. The van der Waals surface area contributed by atoms with E-state index in [4.69, 9.17) is 9.47 Å². The quantitative estimate of drug-likeness (QED) is 0.815. The highest BCUT2D eigenvalue weighted by molar-refractivity contribution is 8.00. The van der Waals surface area contributed by atoms with Crippen LogP contribution in [0.1, 0.15) is 12.5 Å². The fourth-order valence-corrected chi connectivity index (χ4v) is 2.49. The summed E-state index contributed by atoms with van der Waals surface area (Å²) in [5.41, 5.74) is -3.61. The second-order valence-electron chi connectivity index (χ2n) is 4.27. The molecule has 114 valence electrons. The van der Waals surface area contributed by atoms with Crippen LogP contribution in [0.25, 0.3) is 0 Å². The molecule has 0 aliphatic heterocycles. The van der Waals surface area contributed by atoms with Crippen LogP contribution in [0.2, 0.25) is 0 Å². The van der Waals surface area contributed by atoms with Crippen LogP contribution in [0.5, 0.6) is 11.5 Å². The summed E-state index contributed by atoms with van der Waals surface area (Å²) in [7, 11) is 4.54. The van der Waals surface area contributed by atoms with Crippen molar-refractivity contribution in [1.29, 1.82) is 0 Å². The maximum absolute atomic E-state index is 12.6. The lowest BCUT2D eigenvalue weighted by Gasteiger charge is -2.17. The average Bonchev–Trinajstić information content (AvgIpc) is 2.36. The van der Waals surface area contributed by atoms with Gasteiger partial charge in [-0.1, -0.05) is 0 Å². The Balaban J connectivity index is 3.20. The zero-order valence-corrected chi connectivity index (χ0v) is 12.6. The van der Waals surface area contributed by atoms with E-state index >= 15 is 0 Å². The molecule has 0 saturated heterocycles. The Morgan fingerprint density at radius 1 is 1.25 bits per heavy atom. The third-order valence-electron chi connectivity index (χ3n) is 2.76. The van der Waals surface area contributed by atoms with Crippen molar-refractivity contribution < 1.29 is 22.6 Å². The summed E-state index contributed by atoms with van der Waals surface area (Å²) >= 11 is -0.195. The predicted molar refractivity (Wildman–Crippen MR) is 73.7 cm³/mol. The SMILES string of the molecule is CNC(C)Cc1cc(OC)c(OC)c(SC(F)(F)F)c1. The van der Waals surface area contributed by atoms with Gasteiger partial charge in [0, 0.05) is 6.04 Å². The molecule has 1 atom stereocenters. The largest absolute Gasteiger partial charge is 0.493 e. The zero-order chi connectivity index (χ0) is 15.3. The van der Waals surface area contributed by atoms with Gasteiger partial charge >= 0.3 is 5.51 Å². The first-order valence-corrected chi connectivity index (χ1v) is 6.80. The molecule has 0 fully saturated rings. The molecule has 1 unspecified atom stereocenters. The Bertz CT molecular complexity index is 452. The third kappa shape index (κ3) is 4.79. The molecule has 1 rings (SSSR count). The average molecular weight is 309 g/mol. The van der Waals surface area contributed by atoms with E-state index in [9.17, 15) is 13.2 Å². The Morgan fingerprint density at radius 2 is 1.90 bits per heavy atom. The molecule has 20 heavy (non-hydrogen) atoms. The van der Waals surface area contributed by atoms with Gasteiger partial charge in [0.2, 0.25) is 0 Å². The molecule has 0 aliphatic carbocycles. The number of alkyl halides is 3. The van der Waals surface area contributed by atoms with Gasteiger partial charge in [-0.3, -0.25) is 0 Å².